The number of hydrogen-bond donors (Lipinski definition) is 3. The number of rotatable bonds is 11. The highest BCUT2D eigenvalue weighted by atomic mass is 16.5. The van der Waals surface area contributed by atoms with Gasteiger partial charge in [-0.15, -0.1) is 0 Å². The molecule has 0 aliphatic rings. The van der Waals surface area contributed by atoms with Crippen molar-refractivity contribution in [2.75, 3.05) is 32.1 Å². The molecule has 1 heterocycles. The molecule has 36 heavy (non-hydrogen) atoms. The normalized spacial score (nSPS) is 10.9. The molecule has 0 aliphatic carbocycles. The lowest BCUT2D eigenvalue weighted by Gasteiger charge is -2.33. The number of benzene rings is 1. The average Bonchev–Trinajstić information content (AvgIpc) is 2.82. The van der Waals surface area contributed by atoms with Crippen molar-refractivity contribution in [2.24, 2.45) is 5.73 Å². The fourth-order valence-corrected chi connectivity index (χ4v) is 3.37. The number of methoxy groups -OCH3 is 1. The van der Waals surface area contributed by atoms with Crippen molar-refractivity contribution < 1.29 is 23.9 Å². The Hall–Kier alpha value is -3.89. The molecular formula is C25H36N6O5. The number of nitrogens with zero attached hydrogens (tertiary/aromatic N) is 3. The van der Waals surface area contributed by atoms with Gasteiger partial charge in [0.15, 0.2) is 11.5 Å². The second-order valence-corrected chi connectivity index (χ2v) is 8.98. The molecule has 11 nitrogen and oxygen atoms in total. The number of anilines is 2. The van der Waals surface area contributed by atoms with Gasteiger partial charge >= 0.3 is 6.09 Å². The van der Waals surface area contributed by atoms with Gasteiger partial charge < -0.3 is 25.8 Å². The zero-order valence-corrected chi connectivity index (χ0v) is 21.8. The smallest absolute Gasteiger partial charge is 0.410 e. The van der Waals surface area contributed by atoms with E-state index in [-0.39, 0.29) is 24.0 Å². The van der Waals surface area contributed by atoms with Gasteiger partial charge in [-0.05, 0) is 58.2 Å². The van der Waals surface area contributed by atoms with Gasteiger partial charge in [-0.1, -0.05) is 19.1 Å². The Morgan fingerprint density at radius 2 is 1.86 bits per heavy atom. The molecule has 196 valence electrons. The van der Waals surface area contributed by atoms with Crippen LogP contribution in [0.3, 0.4) is 0 Å². The van der Waals surface area contributed by atoms with E-state index < -0.39 is 17.5 Å². The third-order valence-electron chi connectivity index (χ3n) is 5.21. The van der Waals surface area contributed by atoms with Crippen LogP contribution in [0.1, 0.15) is 56.4 Å². The van der Waals surface area contributed by atoms with E-state index in [0.717, 1.165) is 5.56 Å². The first kappa shape index (κ1) is 28.3. The maximum Gasteiger partial charge on any atom is 0.410 e. The Labute approximate surface area is 211 Å². The number of carbonyl (C=O) groups is 3. The van der Waals surface area contributed by atoms with E-state index in [1.807, 2.05) is 58.9 Å². The van der Waals surface area contributed by atoms with Crippen molar-refractivity contribution in [3.8, 4) is 5.88 Å². The number of primary amides is 1. The quantitative estimate of drug-likeness (QED) is 0.426. The molecule has 1 aromatic heterocycles. The van der Waals surface area contributed by atoms with E-state index in [2.05, 4.69) is 20.6 Å². The molecule has 0 radical (unpaired) electrons. The highest BCUT2D eigenvalue weighted by molar-refractivity contribution is 5.96. The topological polar surface area (TPSA) is 149 Å². The molecule has 0 fully saturated rings. The minimum Gasteiger partial charge on any atom is -0.477 e. The van der Waals surface area contributed by atoms with E-state index in [0.29, 0.717) is 43.3 Å². The summed E-state index contributed by atoms with van der Waals surface area (Å²) in [5, 5.41) is 5.94. The van der Waals surface area contributed by atoms with Crippen LogP contribution < -0.4 is 21.1 Å². The van der Waals surface area contributed by atoms with Gasteiger partial charge in [0, 0.05) is 17.8 Å². The number of nitrogens with one attached hydrogen (secondary N) is 2. The van der Waals surface area contributed by atoms with Gasteiger partial charge in [0.2, 0.25) is 11.8 Å². The lowest BCUT2D eigenvalue weighted by molar-refractivity contribution is -0.123. The molecule has 0 aliphatic heterocycles. The maximum atomic E-state index is 12.4. The van der Waals surface area contributed by atoms with Crippen LogP contribution >= 0.6 is 0 Å². The SMILES string of the molecule is CCOc1nc(Nc2cccc(CCNC(=O)CN(C(=O)OC)C(C)(C)C)c2)c(C(N)=O)nc1CC. The third kappa shape index (κ3) is 7.82. The predicted molar refractivity (Wildman–Crippen MR) is 136 cm³/mol. The van der Waals surface area contributed by atoms with Crippen LogP contribution in [-0.4, -0.2) is 65.1 Å². The van der Waals surface area contributed by atoms with Crippen LogP contribution in [0.4, 0.5) is 16.3 Å². The van der Waals surface area contributed by atoms with Gasteiger partial charge in [-0.2, -0.15) is 4.98 Å². The Bertz CT molecular complexity index is 1080. The highest BCUT2D eigenvalue weighted by Gasteiger charge is 2.29. The number of hydrogen-bond acceptors (Lipinski definition) is 8. The van der Waals surface area contributed by atoms with E-state index in [9.17, 15) is 14.4 Å². The van der Waals surface area contributed by atoms with Gasteiger partial charge in [0.1, 0.15) is 12.2 Å². The van der Waals surface area contributed by atoms with Crippen LogP contribution in [0.5, 0.6) is 5.88 Å². The van der Waals surface area contributed by atoms with Crippen molar-refractivity contribution in [1.82, 2.24) is 20.2 Å². The Balaban J connectivity index is 2.08. The predicted octanol–water partition coefficient (Wildman–Crippen LogP) is 2.81. The Morgan fingerprint density at radius 3 is 2.44 bits per heavy atom. The summed E-state index contributed by atoms with van der Waals surface area (Å²) in [7, 11) is 1.29. The second kappa shape index (κ2) is 12.7. The van der Waals surface area contributed by atoms with Crippen molar-refractivity contribution in [3.63, 3.8) is 0 Å². The molecule has 0 unspecified atom stereocenters. The summed E-state index contributed by atoms with van der Waals surface area (Å²) >= 11 is 0. The van der Waals surface area contributed by atoms with Crippen LogP contribution in [0, 0.1) is 0 Å². The lowest BCUT2D eigenvalue weighted by atomic mass is 10.1. The highest BCUT2D eigenvalue weighted by Crippen LogP contribution is 2.24. The number of nitrogens with two attached hydrogens (primary N) is 1. The van der Waals surface area contributed by atoms with Crippen LogP contribution in [0.2, 0.25) is 0 Å². The van der Waals surface area contributed by atoms with Gasteiger partial charge in [0.25, 0.3) is 5.91 Å². The monoisotopic (exact) mass is 500 g/mol. The summed E-state index contributed by atoms with van der Waals surface area (Å²) in [5.74, 6) is -0.426. The number of aromatic nitrogens is 2. The van der Waals surface area contributed by atoms with Crippen LogP contribution in [0.15, 0.2) is 24.3 Å². The van der Waals surface area contributed by atoms with E-state index >= 15 is 0 Å². The molecule has 2 aromatic rings. The zero-order valence-electron chi connectivity index (χ0n) is 21.8. The summed E-state index contributed by atoms with van der Waals surface area (Å²) < 4.78 is 10.4. The van der Waals surface area contributed by atoms with Crippen molar-refractivity contribution in [3.05, 3.63) is 41.2 Å². The molecular weight excluding hydrogens is 464 g/mol. The van der Waals surface area contributed by atoms with Crippen LogP contribution in [-0.2, 0) is 22.4 Å². The molecule has 4 N–H and O–H groups in total. The first-order valence-electron chi connectivity index (χ1n) is 11.8. The molecule has 11 heteroatoms. The minimum absolute atomic E-state index is 0.0296. The fraction of sp³-hybridized carbons (Fsp3) is 0.480. The molecule has 0 saturated carbocycles. The fourth-order valence-electron chi connectivity index (χ4n) is 3.37. The molecule has 0 bridgehead atoms. The first-order valence-corrected chi connectivity index (χ1v) is 11.8. The zero-order chi connectivity index (χ0) is 26.9. The average molecular weight is 501 g/mol. The third-order valence-corrected chi connectivity index (χ3v) is 5.21. The maximum absolute atomic E-state index is 12.4. The van der Waals surface area contributed by atoms with E-state index in [4.69, 9.17) is 15.2 Å². The molecule has 2 rings (SSSR count). The summed E-state index contributed by atoms with van der Waals surface area (Å²) in [6.45, 7) is 9.89. The molecule has 3 amide bonds. The standard InChI is InChI=1S/C25H36N6O5/c1-7-18-23(36-8-2)30-22(20(29-18)21(26)33)28-17-11-9-10-16(14-17)12-13-27-19(32)15-31(24(34)35-6)25(3,4)5/h9-11,14H,7-8,12-13,15H2,1-6H3,(H2,26,33)(H,27,32)(H,28,30). The number of amides is 3. The summed E-state index contributed by atoms with van der Waals surface area (Å²) in [4.78, 5) is 46.6. The first-order chi connectivity index (χ1) is 17.0. The van der Waals surface area contributed by atoms with Crippen molar-refractivity contribution in [1.29, 1.82) is 0 Å². The number of ether oxygens (including phenoxy) is 2. The van der Waals surface area contributed by atoms with E-state index in [1.54, 1.807) is 0 Å². The van der Waals surface area contributed by atoms with Crippen molar-refractivity contribution >= 4 is 29.4 Å². The minimum atomic E-state index is -0.696. The Morgan fingerprint density at radius 1 is 1.14 bits per heavy atom. The summed E-state index contributed by atoms with van der Waals surface area (Å²) in [5.41, 5.74) is 7.16. The Kier molecular flexibility index (Phi) is 10.0. The van der Waals surface area contributed by atoms with Gasteiger partial charge in [-0.25, -0.2) is 9.78 Å². The lowest BCUT2D eigenvalue weighted by Crippen LogP contribution is -2.50. The number of carbonyl (C=O) groups excluding carboxylic acids is 3. The van der Waals surface area contributed by atoms with Crippen molar-refractivity contribution in [2.45, 2.75) is 53.0 Å². The number of aryl methyl sites for hydroxylation is 1. The van der Waals surface area contributed by atoms with Crippen LogP contribution in [0.25, 0.3) is 0 Å². The molecule has 0 saturated heterocycles. The molecule has 1 aromatic carbocycles. The molecule has 0 atom stereocenters. The molecule has 0 spiro atoms. The van der Waals surface area contributed by atoms with Gasteiger partial charge in [0.05, 0.1) is 13.7 Å². The summed E-state index contributed by atoms with van der Waals surface area (Å²) in [6, 6.07) is 7.46. The second-order valence-electron chi connectivity index (χ2n) is 8.98. The largest absolute Gasteiger partial charge is 0.477 e. The van der Waals surface area contributed by atoms with E-state index in [1.165, 1.54) is 12.0 Å². The summed E-state index contributed by atoms with van der Waals surface area (Å²) in [6.07, 6.45) is 0.522. The van der Waals surface area contributed by atoms with Gasteiger partial charge in [-0.3, -0.25) is 14.5 Å².